The number of likely N-dealkylation sites (tertiary alicyclic amines) is 1. The lowest BCUT2D eigenvalue weighted by atomic mass is 9.98. The third kappa shape index (κ3) is 3.37. The Balaban J connectivity index is 1.76. The summed E-state index contributed by atoms with van der Waals surface area (Å²) in [6.07, 6.45) is 3.53. The van der Waals surface area contributed by atoms with Crippen LogP contribution in [0.1, 0.15) is 59.6 Å². The van der Waals surface area contributed by atoms with Crippen LogP contribution in [0.15, 0.2) is 28.5 Å². The van der Waals surface area contributed by atoms with E-state index in [1.165, 1.54) is 0 Å². The summed E-state index contributed by atoms with van der Waals surface area (Å²) in [7, 11) is 0. The van der Waals surface area contributed by atoms with Gasteiger partial charge in [0.05, 0.1) is 10.7 Å². The smallest absolute Gasteiger partial charge is 0.260 e. The maximum Gasteiger partial charge on any atom is 0.260 e. The molecular weight excluding hydrogens is 310 g/mol. The highest BCUT2D eigenvalue weighted by molar-refractivity contribution is 7.09. The van der Waals surface area contributed by atoms with Crippen LogP contribution >= 0.6 is 11.3 Å². The number of pyridine rings is 1. The molecule has 0 bridgehead atoms. The maximum atomic E-state index is 12.6. The Morgan fingerprint density at radius 2 is 2.30 bits per heavy atom. The van der Waals surface area contributed by atoms with Crippen LogP contribution in [-0.2, 0) is 0 Å². The Kier molecular flexibility index (Phi) is 4.61. The van der Waals surface area contributed by atoms with E-state index in [9.17, 15) is 9.59 Å². The van der Waals surface area contributed by atoms with Gasteiger partial charge in [-0.15, -0.1) is 11.3 Å². The Labute approximate surface area is 139 Å². The SMILES string of the molecule is CC(C)c1csc([C@@H]2CCCN(C(=O)c3ccc[nH]c3=O)C2)n1. The molecule has 0 saturated carbocycles. The second-order valence-corrected chi connectivity index (χ2v) is 7.16. The molecule has 122 valence electrons. The predicted octanol–water partition coefficient (Wildman–Crippen LogP) is 2.97. The van der Waals surface area contributed by atoms with Crippen molar-refractivity contribution >= 4 is 17.2 Å². The molecule has 1 N–H and O–H groups in total. The molecule has 1 atom stereocenters. The van der Waals surface area contributed by atoms with Crippen LogP contribution in [0.25, 0.3) is 0 Å². The molecule has 1 aliphatic heterocycles. The molecule has 1 aliphatic rings. The summed E-state index contributed by atoms with van der Waals surface area (Å²) < 4.78 is 0. The average molecular weight is 331 g/mol. The number of amides is 1. The quantitative estimate of drug-likeness (QED) is 0.940. The van der Waals surface area contributed by atoms with Gasteiger partial charge >= 0.3 is 0 Å². The number of hydrogen-bond acceptors (Lipinski definition) is 4. The van der Waals surface area contributed by atoms with E-state index in [0.717, 1.165) is 23.5 Å². The number of nitrogens with zero attached hydrogens (tertiary/aromatic N) is 2. The zero-order valence-electron chi connectivity index (χ0n) is 13.4. The van der Waals surface area contributed by atoms with Gasteiger partial charge in [-0.1, -0.05) is 13.8 Å². The van der Waals surface area contributed by atoms with Gasteiger partial charge in [0.1, 0.15) is 5.56 Å². The number of aromatic amines is 1. The lowest BCUT2D eigenvalue weighted by Crippen LogP contribution is -2.41. The number of rotatable bonds is 3. The fraction of sp³-hybridized carbons (Fsp3) is 0.471. The van der Waals surface area contributed by atoms with Gasteiger partial charge in [0.2, 0.25) is 0 Å². The molecule has 0 spiro atoms. The summed E-state index contributed by atoms with van der Waals surface area (Å²) in [5.41, 5.74) is 1.01. The molecule has 1 amide bonds. The van der Waals surface area contributed by atoms with Crippen molar-refractivity contribution in [3.05, 3.63) is 50.3 Å². The number of aromatic nitrogens is 2. The minimum Gasteiger partial charge on any atom is -0.338 e. The Morgan fingerprint density at radius 1 is 1.48 bits per heavy atom. The molecule has 1 saturated heterocycles. The first-order valence-electron chi connectivity index (χ1n) is 7.98. The Bertz CT molecular complexity index is 750. The predicted molar refractivity (Wildman–Crippen MR) is 91.1 cm³/mol. The lowest BCUT2D eigenvalue weighted by Gasteiger charge is -2.31. The molecule has 2 aromatic rings. The molecule has 0 unspecified atom stereocenters. The Hall–Kier alpha value is -1.95. The first kappa shape index (κ1) is 15.9. The molecule has 3 heterocycles. The number of carbonyl (C=O) groups is 1. The molecule has 1 fully saturated rings. The van der Waals surface area contributed by atoms with Gasteiger partial charge in [0.15, 0.2) is 0 Å². The normalized spacial score (nSPS) is 18.4. The van der Waals surface area contributed by atoms with Crippen LogP contribution in [0.3, 0.4) is 0 Å². The molecule has 0 radical (unpaired) electrons. The molecule has 23 heavy (non-hydrogen) atoms. The fourth-order valence-electron chi connectivity index (χ4n) is 2.88. The number of thiazole rings is 1. The average Bonchev–Trinajstić information content (AvgIpc) is 3.05. The zero-order valence-corrected chi connectivity index (χ0v) is 14.2. The molecule has 0 aromatic carbocycles. The summed E-state index contributed by atoms with van der Waals surface area (Å²) >= 11 is 1.68. The first-order chi connectivity index (χ1) is 11.1. The number of hydrogen-bond donors (Lipinski definition) is 1. The van der Waals surface area contributed by atoms with Gasteiger partial charge in [-0.05, 0) is 30.9 Å². The van der Waals surface area contributed by atoms with Crippen molar-refractivity contribution in [1.82, 2.24) is 14.9 Å². The van der Waals surface area contributed by atoms with Crippen molar-refractivity contribution in [2.24, 2.45) is 0 Å². The van der Waals surface area contributed by atoms with Gasteiger partial charge in [-0.3, -0.25) is 9.59 Å². The van der Waals surface area contributed by atoms with Gasteiger partial charge in [0.25, 0.3) is 11.5 Å². The fourth-order valence-corrected chi connectivity index (χ4v) is 3.99. The van der Waals surface area contributed by atoms with Gasteiger partial charge in [-0.2, -0.15) is 0 Å². The van der Waals surface area contributed by atoms with Gasteiger partial charge in [-0.25, -0.2) is 4.98 Å². The van der Waals surface area contributed by atoms with Crippen LogP contribution in [-0.4, -0.2) is 33.9 Å². The second kappa shape index (κ2) is 6.66. The van der Waals surface area contributed by atoms with Crippen LogP contribution in [0.2, 0.25) is 0 Å². The first-order valence-corrected chi connectivity index (χ1v) is 8.86. The van der Waals surface area contributed by atoms with Crippen molar-refractivity contribution in [1.29, 1.82) is 0 Å². The van der Waals surface area contributed by atoms with Gasteiger partial charge in [0, 0.05) is 30.6 Å². The topological polar surface area (TPSA) is 66.1 Å². The van der Waals surface area contributed by atoms with Crippen LogP contribution in [0.5, 0.6) is 0 Å². The third-order valence-corrected chi connectivity index (χ3v) is 5.26. The van der Waals surface area contributed by atoms with Crippen molar-refractivity contribution < 1.29 is 4.79 Å². The van der Waals surface area contributed by atoms with Gasteiger partial charge < -0.3 is 9.88 Å². The largest absolute Gasteiger partial charge is 0.338 e. The maximum absolute atomic E-state index is 12.6. The van der Waals surface area contributed by atoms with E-state index < -0.39 is 0 Å². The van der Waals surface area contributed by atoms with Crippen LogP contribution in [0.4, 0.5) is 0 Å². The number of H-pyrrole nitrogens is 1. The Morgan fingerprint density at radius 3 is 3.00 bits per heavy atom. The van der Waals surface area contributed by atoms with Crippen LogP contribution < -0.4 is 5.56 Å². The summed E-state index contributed by atoms with van der Waals surface area (Å²) in [6, 6.07) is 3.27. The van der Waals surface area contributed by atoms with E-state index in [0.29, 0.717) is 19.0 Å². The molecular formula is C17H21N3O2S. The highest BCUT2D eigenvalue weighted by Crippen LogP contribution is 2.31. The summed E-state index contributed by atoms with van der Waals surface area (Å²) in [5.74, 6) is 0.509. The monoisotopic (exact) mass is 331 g/mol. The van der Waals surface area contributed by atoms with E-state index in [1.807, 2.05) is 0 Å². The summed E-state index contributed by atoms with van der Waals surface area (Å²) in [4.78, 5) is 33.5. The highest BCUT2D eigenvalue weighted by Gasteiger charge is 2.28. The minimum atomic E-state index is -0.323. The van der Waals surface area contributed by atoms with E-state index in [-0.39, 0.29) is 22.9 Å². The van der Waals surface area contributed by atoms with E-state index >= 15 is 0 Å². The highest BCUT2D eigenvalue weighted by atomic mass is 32.1. The molecule has 2 aromatic heterocycles. The van der Waals surface area contributed by atoms with E-state index in [4.69, 9.17) is 4.98 Å². The molecule has 5 nitrogen and oxygen atoms in total. The minimum absolute atomic E-state index is 0.183. The standard InChI is InChI=1S/C17H21N3O2S/c1-11(2)14-10-23-16(19-14)12-5-4-8-20(9-12)17(22)13-6-3-7-18-15(13)21/h3,6-7,10-12H,4-5,8-9H2,1-2H3,(H,18,21)/t12-/m1/s1. The summed E-state index contributed by atoms with van der Waals surface area (Å²) in [6.45, 7) is 5.61. The van der Waals surface area contributed by atoms with E-state index in [2.05, 4.69) is 24.2 Å². The second-order valence-electron chi connectivity index (χ2n) is 6.27. The van der Waals surface area contributed by atoms with Crippen molar-refractivity contribution in [2.75, 3.05) is 13.1 Å². The molecule has 3 rings (SSSR count). The summed E-state index contributed by atoms with van der Waals surface area (Å²) in [5, 5.41) is 3.22. The number of carbonyl (C=O) groups excluding carboxylic acids is 1. The molecule has 6 heteroatoms. The molecule has 0 aliphatic carbocycles. The lowest BCUT2D eigenvalue weighted by molar-refractivity contribution is 0.0705. The van der Waals surface area contributed by atoms with Crippen molar-refractivity contribution in [3.63, 3.8) is 0 Å². The zero-order chi connectivity index (χ0) is 16.4. The van der Waals surface area contributed by atoms with E-state index in [1.54, 1.807) is 34.6 Å². The number of piperidine rings is 1. The number of nitrogens with one attached hydrogen (secondary N) is 1. The third-order valence-electron chi connectivity index (χ3n) is 4.24. The van der Waals surface area contributed by atoms with Crippen molar-refractivity contribution in [3.8, 4) is 0 Å². The van der Waals surface area contributed by atoms with Crippen molar-refractivity contribution in [2.45, 2.75) is 38.5 Å². The van der Waals surface area contributed by atoms with Crippen LogP contribution in [0, 0.1) is 0 Å².